The highest BCUT2D eigenvalue weighted by Crippen LogP contribution is 2.53. The zero-order chi connectivity index (χ0) is 40.3. The molecule has 10 aromatic rings. The van der Waals surface area contributed by atoms with E-state index in [1.807, 2.05) is 36.4 Å². The zero-order valence-electron chi connectivity index (χ0n) is 34.1. The summed E-state index contributed by atoms with van der Waals surface area (Å²) >= 11 is 0. The Bertz CT molecular complexity index is 3260. The van der Waals surface area contributed by atoms with E-state index in [4.69, 9.17) is 9.40 Å². The van der Waals surface area contributed by atoms with Crippen LogP contribution in [0.1, 0.15) is 49.9 Å². The molecule has 2 aliphatic rings. The lowest BCUT2D eigenvalue weighted by atomic mass is 9.82. The number of rotatable bonds is 5. The van der Waals surface area contributed by atoms with Crippen LogP contribution in [0.15, 0.2) is 186 Å². The number of benzene rings is 9. The van der Waals surface area contributed by atoms with Crippen molar-refractivity contribution in [3.63, 3.8) is 0 Å². The van der Waals surface area contributed by atoms with E-state index >= 15 is 0 Å². The Labute approximate surface area is 350 Å². The van der Waals surface area contributed by atoms with E-state index in [-0.39, 0.29) is 10.8 Å². The van der Waals surface area contributed by atoms with Gasteiger partial charge in [-0.2, -0.15) is 0 Å². The lowest BCUT2D eigenvalue weighted by Gasteiger charge is -2.30. The molecule has 0 atom stereocenters. The Morgan fingerprint density at radius 1 is 0.417 bits per heavy atom. The lowest BCUT2D eigenvalue weighted by molar-refractivity contribution is 0.620. The van der Waals surface area contributed by atoms with E-state index in [1.165, 1.54) is 49.9 Å². The monoisotopic (exact) mass is 770 g/mol. The maximum absolute atomic E-state index is 6.32. The summed E-state index contributed by atoms with van der Waals surface area (Å²) in [5, 5.41) is 4.60. The van der Waals surface area contributed by atoms with Crippen LogP contribution in [0.4, 0.5) is 17.1 Å². The molecule has 0 radical (unpaired) electrons. The average molecular weight is 771 g/mol. The maximum Gasteiger partial charge on any atom is 0.227 e. The van der Waals surface area contributed by atoms with Crippen molar-refractivity contribution in [2.75, 3.05) is 4.90 Å². The molecule has 286 valence electrons. The smallest absolute Gasteiger partial charge is 0.227 e. The molecular formula is C57H42N2O. The Kier molecular flexibility index (Phi) is 7.32. The van der Waals surface area contributed by atoms with Crippen LogP contribution in [0.2, 0.25) is 0 Å². The number of fused-ring (bicyclic) bond motifs is 11. The van der Waals surface area contributed by atoms with Crippen molar-refractivity contribution in [3.8, 4) is 44.8 Å². The molecule has 0 unspecified atom stereocenters. The maximum atomic E-state index is 6.32. The highest BCUT2D eigenvalue weighted by molar-refractivity contribution is 6.19. The Hall–Kier alpha value is -7.23. The first-order valence-electron chi connectivity index (χ1n) is 20.9. The minimum Gasteiger partial charge on any atom is -0.436 e. The summed E-state index contributed by atoms with van der Waals surface area (Å²) in [5.41, 5.74) is 19.0. The fourth-order valence-electron chi connectivity index (χ4n) is 10.3. The van der Waals surface area contributed by atoms with Crippen molar-refractivity contribution in [2.24, 2.45) is 0 Å². The van der Waals surface area contributed by atoms with Gasteiger partial charge in [-0.3, -0.25) is 0 Å². The van der Waals surface area contributed by atoms with Crippen LogP contribution in [0.5, 0.6) is 0 Å². The second kappa shape index (κ2) is 12.6. The molecule has 1 heterocycles. The number of aromatic nitrogens is 1. The highest BCUT2D eigenvalue weighted by atomic mass is 16.3. The van der Waals surface area contributed by atoms with Crippen molar-refractivity contribution in [1.82, 2.24) is 4.98 Å². The van der Waals surface area contributed by atoms with Crippen LogP contribution in [0.3, 0.4) is 0 Å². The van der Waals surface area contributed by atoms with Crippen LogP contribution in [-0.4, -0.2) is 4.98 Å². The van der Waals surface area contributed by atoms with Gasteiger partial charge < -0.3 is 9.32 Å². The van der Waals surface area contributed by atoms with Crippen molar-refractivity contribution >= 4 is 49.7 Å². The highest BCUT2D eigenvalue weighted by Gasteiger charge is 2.37. The molecule has 0 aliphatic heterocycles. The summed E-state index contributed by atoms with van der Waals surface area (Å²) < 4.78 is 6.32. The quantitative estimate of drug-likeness (QED) is 0.163. The van der Waals surface area contributed by atoms with Gasteiger partial charge in [0.25, 0.3) is 0 Å². The standard InChI is InChI=1S/C57H42N2O/c1-56(2)48-16-10-8-14-43(48)45-29-27-41(33-50(45)56)59(42-28-30-46-44-15-9-11-17-49(44)57(3,4)51(46)34-42)40-25-22-35(23-26-40)39-21-19-36-18-20-37-24-31-52-54(53(37)47(36)32-39)58-55(60-52)38-12-6-5-7-13-38/h5-34H,1-4H3. The van der Waals surface area contributed by atoms with E-state index < -0.39 is 0 Å². The number of hydrogen-bond acceptors (Lipinski definition) is 3. The molecule has 9 aromatic carbocycles. The molecule has 0 saturated carbocycles. The van der Waals surface area contributed by atoms with Gasteiger partial charge in [-0.25, -0.2) is 4.98 Å². The number of oxazole rings is 1. The van der Waals surface area contributed by atoms with E-state index in [1.54, 1.807) is 0 Å². The van der Waals surface area contributed by atoms with Gasteiger partial charge in [0.05, 0.1) is 0 Å². The van der Waals surface area contributed by atoms with E-state index in [2.05, 4.69) is 178 Å². The Morgan fingerprint density at radius 3 is 1.58 bits per heavy atom. The Morgan fingerprint density at radius 2 is 0.933 bits per heavy atom. The summed E-state index contributed by atoms with van der Waals surface area (Å²) in [6.07, 6.45) is 0. The van der Waals surface area contributed by atoms with Gasteiger partial charge in [0.2, 0.25) is 5.89 Å². The van der Waals surface area contributed by atoms with E-state index in [9.17, 15) is 0 Å². The van der Waals surface area contributed by atoms with Crippen molar-refractivity contribution < 1.29 is 4.42 Å². The van der Waals surface area contributed by atoms with E-state index in [0.717, 1.165) is 61.0 Å². The molecule has 60 heavy (non-hydrogen) atoms. The van der Waals surface area contributed by atoms with Gasteiger partial charge in [0.1, 0.15) is 5.52 Å². The molecule has 0 saturated heterocycles. The topological polar surface area (TPSA) is 29.3 Å². The molecule has 2 aliphatic carbocycles. The van der Waals surface area contributed by atoms with E-state index in [0.29, 0.717) is 5.89 Å². The van der Waals surface area contributed by atoms with Gasteiger partial charge in [0.15, 0.2) is 5.58 Å². The van der Waals surface area contributed by atoms with Gasteiger partial charge in [0, 0.05) is 38.8 Å². The van der Waals surface area contributed by atoms with Gasteiger partial charge in [-0.05, 0) is 132 Å². The second-order valence-corrected chi connectivity index (χ2v) is 17.6. The summed E-state index contributed by atoms with van der Waals surface area (Å²) in [7, 11) is 0. The van der Waals surface area contributed by atoms with Crippen LogP contribution in [-0.2, 0) is 10.8 Å². The molecule has 3 heteroatoms. The summed E-state index contributed by atoms with van der Waals surface area (Å²) in [4.78, 5) is 7.51. The molecule has 0 N–H and O–H groups in total. The van der Waals surface area contributed by atoms with Gasteiger partial charge >= 0.3 is 0 Å². The molecule has 3 nitrogen and oxygen atoms in total. The van der Waals surface area contributed by atoms with Crippen LogP contribution < -0.4 is 4.90 Å². The summed E-state index contributed by atoms with van der Waals surface area (Å²) in [6.45, 7) is 9.44. The largest absolute Gasteiger partial charge is 0.436 e. The molecule has 0 amide bonds. The number of anilines is 3. The summed E-state index contributed by atoms with van der Waals surface area (Å²) in [5.74, 6) is 0.638. The summed E-state index contributed by atoms with van der Waals surface area (Å²) in [6, 6.07) is 66.5. The zero-order valence-corrected chi connectivity index (χ0v) is 34.1. The van der Waals surface area contributed by atoms with Crippen LogP contribution in [0, 0.1) is 0 Å². The third kappa shape index (κ3) is 5.05. The average Bonchev–Trinajstić information content (AvgIpc) is 3.90. The van der Waals surface area contributed by atoms with Crippen molar-refractivity contribution in [3.05, 3.63) is 204 Å². The first kappa shape index (κ1) is 34.8. The first-order chi connectivity index (χ1) is 29.2. The minimum atomic E-state index is -0.111. The molecule has 12 rings (SSSR count). The number of hydrogen-bond donors (Lipinski definition) is 0. The predicted octanol–water partition coefficient (Wildman–Crippen LogP) is 15.6. The molecule has 0 bridgehead atoms. The lowest BCUT2D eigenvalue weighted by Crippen LogP contribution is -2.18. The third-order valence-corrected chi connectivity index (χ3v) is 13.5. The van der Waals surface area contributed by atoms with Gasteiger partial charge in [-0.1, -0.05) is 149 Å². The molecular weight excluding hydrogens is 729 g/mol. The van der Waals surface area contributed by atoms with Crippen LogP contribution >= 0.6 is 0 Å². The predicted molar refractivity (Wildman–Crippen MR) is 250 cm³/mol. The van der Waals surface area contributed by atoms with Crippen molar-refractivity contribution in [1.29, 1.82) is 0 Å². The SMILES string of the molecule is CC1(C)c2ccccc2-c2ccc(N(c3ccc(-c4ccc5ccc6ccc7oc(-c8ccccc8)nc7c6c5c4)cc3)c3ccc4c(c3)C(C)(C)c3ccccc3-4)cc21. The second-order valence-electron chi connectivity index (χ2n) is 17.6. The fraction of sp³-hybridized carbons (Fsp3) is 0.105. The Balaban J connectivity index is 0.986. The fourth-order valence-corrected chi connectivity index (χ4v) is 10.3. The molecule has 0 spiro atoms. The number of nitrogens with zero attached hydrogens (tertiary/aromatic N) is 2. The van der Waals surface area contributed by atoms with Gasteiger partial charge in [-0.15, -0.1) is 0 Å². The minimum absolute atomic E-state index is 0.111. The first-order valence-corrected chi connectivity index (χ1v) is 20.9. The molecule has 0 fully saturated rings. The third-order valence-electron chi connectivity index (χ3n) is 13.5. The normalized spacial score (nSPS) is 14.3. The van der Waals surface area contributed by atoms with Crippen LogP contribution in [0.25, 0.3) is 77.5 Å². The molecule has 1 aromatic heterocycles. The van der Waals surface area contributed by atoms with Crippen molar-refractivity contribution in [2.45, 2.75) is 38.5 Å².